The smallest absolute Gasteiger partial charge is 0.266 e. The monoisotopic (exact) mass is 334 g/mol. The second kappa shape index (κ2) is 7.08. The molecule has 2 aromatic rings. The molecule has 6 heteroatoms. The minimum absolute atomic E-state index is 0.151. The number of rotatable bonds is 3. The van der Waals surface area contributed by atoms with Crippen LogP contribution < -0.4 is 5.32 Å². The first-order valence-corrected chi connectivity index (χ1v) is 6.89. The largest absolute Gasteiger partial charge is 0.321 e. The molecule has 0 spiro atoms. The second-order valence-corrected chi connectivity index (χ2v) is 5.18. The van der Waals surface area contributed by atoms with Crippen LogP contribution in [0, 0.1) is 17.1 Å². The van der Waals surface area contributed by atoms with Gasteiger partial charge in [0.25, 0.3) is 5.91 Å². The number of nitriles is 1. The molecule has 1 amide bonds. The highest BCUT2D eigenvalue weighted by atomic mass is 35.5. The van der Waals surface area contributed by atoms with Crippen molar-refractivity contribution < 1.29 is 9.18 Å². The minimum Gasteiger partial charge on any atom is -0.321 e. The molecule has 0 aliphatic heterocycles. The van der Waals surface area contributed by atoms with Crippen molar-refractivity contribution in [2.45, 2.75) is 0 Å². The fourth-order valence-corrected chi connectivity index (χ4v) is 2.25. The average molecular weight is 335 g/mol. The summed E-state index contributed by atoms with van der Waals surface area (Å²) in [6, 6.07) is 12.1. The number of carbonyl (C=O) groups is 1. The molecule has 2 aromatic carbocycles. The highest BCUT2D eigenvalue weighted by Gasteiger charge is 2.11. The Bertz CT molecular complexity index is 777. The predicted molar refractivity (Wildman–Crippen MR) is 85.1 cm³/mol. The third kappa shape index (κ3) is 4.08. The molecule has 0 radical (unpaired) electrons. The van der Waals surface area contributed by atoms with E-state index in [4.69, 9.17) is 28.5 Å². The first kappa shape index (κ1) is 16.0. The summed E-state index contributed by atoms with van der Waals surface area (Å²) in [5.74, 6) is -1.20. The lowest BCUT2D eigenvalue weighted by Crippen LogP contribution is -2.13. The molecule has 0 aromatic heterocycles. The topological polar surface area (TPSA) is 52.9 Å². The molecule has 3 nitrogen and oxygen atoms in total. The van der Waals surface area contributed by atoms with Crippen molar-refractivity contribution in [1.82, 2.24) is 0 Å². The van der Waals surface area contributed by atoms with Crippen LogP contribution in [0.25, 0.3) is 6.08 Å². The number of carbonyl (C=O) groups excluding carboxylic acids is 1. The highest BCUT2D eigenvalue weighted by Crippen LogP contribution is 2.23. The third-order valence-corrected chi connectivity index (χ3v) is 3.13. The number of hydrogen-bond donors (Lipinski definition) is 1. The van der Waals surface area contributed by atoms with Gasteiger partial charge in [0.1, 0.15) is 17.5 Å². The Morgan fingerprint density at radius 1 is 1.18 bits per heavy atom. The molecule has 0 atom stereocenters. The highest BCUT2D eigenvalue weighted by molar-refractivity contribution is 6.35. The van der Waals surface area contributed by atoms with Crippen molar-refractivity contribution in [3.05, 3.63) is 69.5 Å². The summed E-state index contributed by atoms with van der Waals surface area (Å²) in [4.78, 5) is 12.1. The number of amides is 1. The molecule has 2 rings (SSSR count). The van der Waals surface area contributed by atoms with E-state index in [1.807, 2.05) is 0 Å². The first-order chi connectivity index (χ1) is 10.5. The van der Waals surface area contributed by atoms with Gasteiger partial charge in [-0.25, -0.2) is 4.39 Å². The second-order valence-electron chi connectivity index (χ2n) is 4.30. The molecule has 0 fully saturated rings. The molecule has 0 unspecified atom stereocenters. The molecular formula is C16H9Cl2FN2O. The summed E-state index contributed by atoms with van der Waals surface area (Å²) < 4.78 is 13.6. The van der Waals surface area contributed by atoms with Gasteiger partial charge in [0.15, 0.2) is 0 Å². The van der Waals surface area contributed by atoms with Crippen LogP contribution in [0.3, 0.4) is 0 Å². The Balaban J connectivity index is 2.26. The van der Waals surface area contributed by atoms with Gasteiger partial charge in [-0.3, -0.25) is 4.79 Å². The molecule has 22 heavy (non-hydrogen) atoms. The van der Waals surface area contributed by atoms with Crippen LogP contribution in [0.1, 0.15) is 5.56 Å². The van der Waals surface area contributed by atoms with Gasteiger partial charge in [-0.05, 0) is 30.3 Å². The van der Waals surface area contributed by atoms with E-state index in [0.717, 1.165) is 0 Å². The number of halogens is 3. The molecule has 110 valence electrons. The Morgan fingerprint density at radius 3 is 2.41 bits per heavy atom. The van der Waals surface area contributed by atoms with Crippen molar-refractivity contribution in [3.8, 4) is 6.07 Å². The van der Waals surface area contributed by atoms with E-state index < -0.39 is 11.7 Å². The van der Waals surface area contributed by atoms with Crippen LogP contribution in [0.15, 0.2) is 48.0 Å². The van der Waals surface area contributed by atoms with Crippen LogP contribution in [0.2, 0.25) is 10.0 Å². The average Bonchev–Trinajstić information content (AvgIpc) is 2.45. The van der Waals surface area contributed by atoms with Crippen molar-refractivity contribution in [3.63, 3.8) is 0 Å². The maximum Gasteiger partial charge on any atom is 0.266 e. The van der Waals surface area contributed by atoms with Gasteiger partial charge in [0.05, 0.1) is 0 Å². The van der Waals surface area contributed by atoms with Gasteiger partial charge < -0.3 is 5.32 Å². The van der Waals surface area contributed by atoms with Crippen molar-refractivity contribution in [2.75, 3.05) is 5.32 Å². The maximum atomic E-state index is 13.6. The van der Waals surface area contributed by atoms with Gasteiger partial charge in [-0.15, -0.1) is 0 Å². The van der Waals surface area contributed by atoms with E-state index in [1.54, 1.807) is 12.1 Å². The van der Waals surface area contributed by atoms with E-state index in [0.29, 0.717) is 15.7 Å². The molecule has 0 aliphatic rings. The zero-order valence-electron chi connectivity index (χ0n) is 11.1. The summed E-state index contributed by atoms with van der Waals surface area (Å²) in [5, 5.41) is 12.3. The lowest BCUT2D eigenvalue weighted by molar-refractivity contribution is -0.112. The van der Waals surface area contributed by atoms with Gasteiger partial charge in [-0.1, -0.05) is 41.4 Å². The van der Waals surface area contributed by atoms with Gasteiger partial charge in [0.2, 0.25) is 0 Å². The minimum atomic E-state index is -0.677. The summed E-state index contributed by atoms with van der Waals surface area (Å²) in [6.07, 6.45) is 1.18. The molecule has 0 saturated carbocycles. The standard InChI is InChI=1S/C16H9Cl2FN2O/c17-12-6-13(18)8-14(7-12)21-16(22)11(9-20)5-10-3-1-2-4-15(10)19/h1-8H,(H,21,22)/b11-5+. The normalized spacial score (nSPS) is 10.9. The molecule has 0 bridgehead atoms. The number of nitrogens with zero attached hydrogens (tertiary/aromatic N) is 1. The van der Waals surface area contributed by atoms with E-state index >= 15 is 0 Å². The van der Waals surface area contributed by atoms with Crippen molar-refractivity contribution in [2.24, 2.45) is 0 Å². The van der Waals surface area contributed by atoms with E-state index in [9.17, 15) is 9.18 Å². The lowest BCUT2D eigenvalue weighted by Gasteiger charge is -2.06. The summed E-state index contributed by atoms with van der Waals surface area (Å²) in [6.45, 7) is 0. The summed E-state index contributed by atoms with van der Waals surface area (Å²) in [5.41, 5.74) is 0.261. The fraction of sp³-hybridized carbons (Fsp3) is 0. The van der Waals surface area contributed by atoms with Crippen LogP contribution in [0.5, 0.6) is 0 Å². The number of hydrogen-bond acceptors (Lipinski definition) is 2. The number of anilines is 1. The van der Waals surface area contributed by atoms with E-state index in [1.165, 1.54) is 42.5 Å². The van der Waals surface area contributed by atoms with Gasteiger partial charge in [-0.2, -0.15) is 5.26 Å². The quantitative estimate of drug-likeness (QED) is 0.654. The van der Waals surface area contributed by atoms with E-state index in [-0.39, 0.29) is 11.1 Å². The van der Waals surface area contributed by atoms with Crippen molar-refractivity contribution >= 4 is 40.9 Å². The van der Waals surface area contributed by atoms with Crippen LogP contribution >= 0.6 is 23.2 Å². The number of benzene rings is 2. The molecule has 1 N–H and O–H groups in total. The van der Waals surface area contributed by atoms with Crippen molar-refractivity contribution in [1.29, 1.82) is 5.26 Å². The Morgan fingerprint density at radius 2 is 1.82 bits per heavy atom. The molecule has 0 saturated heterocycles. The fourth-order valence-electron chi connectivity index (χ4n) is 1.72. The van der Waals surface area contributed by atoms with Crippen LogP contribution in [-0.2, 0) is 4.79 Å². The molecular weight excluding hydrogens is 326 g/mol. The van der Waals surface area contributed by atoms with Crippen LogP contribution in [0.4, 0.5) is 10.1 Å². The lowest BCUT2D eigenvalue weighted by atomic mass is 10.1. The zero-order chi connectivity index (χ0) is 16.1. The zero-order valence-corrected chi connectivity index (χ0v) is 12.6. The third-order valence-electron chi connectivity index (χ3n) is 2.69. The molecule has 0 heterocycles. The van der Waals surface area contributed by atoms with Gasteiger partial charge >= 0.3 is 0 Å². The Hall–Kier alpha value is -2.35. The number of nitrogens with one attached hydrogen (secondary N) is 1. The predicted octanol–water partition coefficient (Wildman–Crippen LogP) is 4.68. The summed E-state index contributed by atoms with van der Waals surface area (Å²) >= 11 is 11.7. The van der Waals surface area contributed by atoms with Gasteiger partial charge in [0, 0.05) is 21.3 Å². The molecule has 0 aliphatic carbocycles. The Kier molecular flexibility index (Phi) is 5.16. The maximum absolute atomic E-state index is 13.6. The summed E-state index contributed by atoms with van der Waals surface area (Å²) in [7, 11) is 0. The van der Waals surface area contributed by atoms with E-state index in [2.05, 4.69) is 5.32 Å². The SMILES string of the molecule is N#C/C(=C\c1ccccc1F)C(=O)Nc1cc(Cl)cc(Cl)c1. The Labute approximate surface area is 136 Å². The first-order valence-electron chi connectivity index (χ1n) is 6.13. The van der Waals surface area contributed by atoms with Crippen LogP contribution in [-0.4, -0.2) is 5.91 Å².